The summed E-state index contributed by atoms with van der Waals surface area (Å²) in [5, 5.41) is 0. The van der Waals surface area contributed by atoms with E-state index in [9.17, 15) is 4.79 Å². The summed E-state index contributed by atoms with van der Waals surface area (Å²) in [4.78, 5) is 15.0. The topological polar surface area (TPSA) is 30.0 Å². The molecule has 0 spiro atoms. The van der Waals surface area contributed by atoms with E-state index in [2.05, 4.69) is 4.98 Å². The van der Waals surface area contributed by atoms with Crippen LogP contribution in [0.2, 0.25) is 0 Å². The number of nitrogens with zero attached hydrogens (tertiary/aromatic N) is 1. The van der Waals surface area contributed by atoms with Crippen LogP contribution in [-0.4, -0.2) is 10.8 Å². The second kappa shape index (κ2) is 3.69. The summed E-state index contributed by atoms with van der Waals surface area (Å²) in [6.45, 7) is 0. The van der Waals surface area contributed by atoms with E-state index in [1.54, 1.807) is 0 Å². The zero-order chi connectivity index (χ0) is 9.10. The van der Waals surface area contributed by atoms with Crippen molar-refractivity contribution in [2.45, 2.75) is 25.7 Å². The Morgan fingerprint density at radius 2 is 2.15 bits per heavy atom. The van der Waals surface area contributed by atoms with Crippen LogP contribution in [-0.2, 0) is 11.2 Å². The Labute approximate surface area is 78.0 Å². The lowest BCUT2D eigenvalue weighted by atomic mass is 9.99. The molecule has 68 valence electrons. The van der Waals surface area contributed by atoms with Gasteiger partial charge in [-0.15, -0.1) is 0 Å². The van der Waals surface area contributed by atoms with Crippen LogP contribution in [0, 0.1) is 5.92 Å². The predicted octanol–water partition coefficient (Wildman–Crippen LogP) is 1.99. The third kappa shape index (κ3) is 2.14. The van der Waals surface area contributed by atoms with Gasteiger partial charge in [0.2, 0.25) is 0 Å². The predicted molar refractivity (Wildman–Crippen MR) is 50.3 cm³/mol. The smallest absolute Gasteiger partial charge is 0.133 e. The number of carbonyl (C=O) groups excluding carboxylic acids is 1. The first-order valence-corrected chi connectivity index (χ1v) is 4.75. The van der Waals surface area contributed by atoms with Gasteiger partial charge in [-0.3, -0.25) is 9.78 Å². The molecule has 1 saturated carbocycles. The van der Waals surface area contributed by atoms with Crippen LogP contribution in [0.5, 0.6) is 0 Å². The lowest BCUT2D eigenvalue weighted by Crippen LogP contribution is -1.99. The van der Waals surface area contributed by atoms with Gasteiger partial charge in [0.15, 0.2) is 0 Å². The number of rotatable bonds is 2. The first kappa shape index (κ1) is 8.42. The molecule has 0 aromatic carbocycles. The maximum absolute atomic E-state index is 11.0. The van der Waals surface area contributed by atoms with Crippen molar-refractivity contribution in [1.82, 2.24) is 4.98 Å². The standard InChI is InChI=1S/C11H13NO/c13-11-2-1-10(8-11)7-9-3-5-12-6-4-9/h3-6,10H,1-2,7-8H2. The molecule has 1 aliphatic carbocycles. The van der Waals surface area contributed by atoms with Crippen LogP contribution in [0.25, 0.3) is 0 Å². The van der Waals surface area contributed by atoms with Crippen LogP contribution in [0.3, 0.4) is 0 Å². The lowest BCUT2D eigenvalue weighted by molar-refractivity contribution is -0.117. The van der Waals surface area contributed by atoms with E-state index in [0.717, 1.165) is 25.7 Å². The first-order chi connectivity index (χ1) is 6.34. The summed E-state index contributed by atoms with van der Waals surface area (Å²) in [5.74, 6) is 1.01. The third-order valence-electron chi connectivity index (χ3n) is 2.62. The van der Waals surface area contributed by atoms with Gasteiger partial charge in [-0.25, -0.2) is 0 Å². The van der Waals surface area contributed by atoms with Crippen molar-refractivity contribution in [2.75, 3.05) is 0 Å². The molecule has 2 rings (SSSR count). The zero-order valence-corrected chi connectivity index (χ0v) is 7.57. The van der Waals surface area contributed by atoms with Gasteiger partial charge in [-0.1, -0.05) is 0 Å². The third-order valence-corrected chi connectivity index (χ3v) is 2.62. The number of Topliss-reactive ketones (excluding diaryl/α,β-unsaturated/α-hetero) is 1. The molecule has 1 aromatic rings. The minimum atomic E-state index is 0.430. The molecule has 1 atom stereocenters. The van der Waals surface area contributed by atoms with E-state index < -0.39 is 0 Å². The van der Waals surface area contributed by atoms with Crippen LogP contribution in [0.1, 0.15) is 24.8 Å². The van der Waals surface area contributed by atoms with Gasteiger partial charge in [0, 0.05) is 25.2 Å². The van der Waals surface area contributed by atoms with E-state index >= 15 is 0 Å². The van der Waals surface area contributed by atoms with Crippen molar-refractivity contribution in [3.63, 3.8) is 0 Å². The molecule has 0 radical (unpaired) electrons. The monoisotopic (exact) mass is 175 g/mol. The minimum absolute atomic E-state index is 0.430. The van der Waals surface area contributed by atoms with Crippen molar-refractivity contribution in [3.8, 4) is 0 Å². The first-order valence-electron chi connectivity index (χ1n) is 4.75. The van der Waals surface area contributed by atoms with Gasteiger partial charge in [0.05, 0.1) is 0 Å². The number of hydrogen-bond donors (Lipinski definition) is 0. The summed E-state index contributed by atoms with van der Waals surface area (Å²) >= 11 is 0. The molecule has 0 aliphatic heterocycles. The fraction of sp³-hybridized carbons (Fsp3) is 0.455. The molecular formula is C11H13NO. The molecular weight excluding hydrogens is 162 g/mol. The van der Waals surface area contributed by atoms with Crippen molar-refractivity contribution < 1.29 is 4.79 Å². The van der Waals surface area contributed by atoms with Gasteiger partial charge in [-0.05, 0) is 36.5 Å². The molecule has 1 heterocycles. The maximum atomic E-state index is 11.0. The maximum Gasteiger partial charge on any atom is 0.133 e. The van der Waals surface area contributed by atoms with Crippen LogP contribution in [0.15, 0.2) is 24.5 Å². The van der Waals surface area contributed by atoms with Gasteiger partial charge in [0.1, 0.15) is 5.78 Å². The molecule has 1 aliphatic rings. The highest BCUT2D eigenvalue weighted by Gasteiger charge is 2.21. The van der Waals surface area contributed by atoms with E-state index in [0.29, 0.717) is 11.7 Å². The molecule has 0 N–H and O–H groups in total. The highest BCUT2D eigenvalue weighted by atomic mass is 16.1. The summed E-state index contributed by atoms with van der Waals surface area (Å²) in [6, 6.07) is 4.06. The van der Waals surface area contributed by atoms with Crippen LogP contribution >= 0.6 is 0 Å². The Morgan fingerprint density at radius 3 is 2.77 bits per heavy atom. The number of carbonyl (C=O) groups is 1. The highest BCUT2D eigenvalue weighted by Crippen LogP contribution is 2.25. The normalized spacial score (nSPS) is 22.2. The average Bonchev–Trinajstić information content (AvgIpc) is 2.53. The fourth-order valence-electron chi connectivity index (χ4n) is 1.92. The Bertz CT molecular complexity index is 294. The Morgan fingerprint density at radius 1 is 1.38 bits per heavy atom. The lowest BCUT2D eigenvalue weighted by Gasteiger charge is -2.06. The van der Waals surface area contributed by atoms with Crippen molar-refractivity contribution in [1.29, 1.82) is 0 Å². The van der Waals surface area contributed by atoms with Crippen molar-refractivity contribution in [3.05, 3.63) is 30.1 Å². The Hall–Kier alpha value is -1.18. The molecule has 2 nitrogen and oxygen atoms in total. The van der Waals surface area contributed by atoms with Crippen molar-refractivity contribution >= 4 is 5.78 Å². The molecule has 1 unspecified atom stereocenters. The van der Waals surface area contributed by atoms with Gasteiger partial charge in [0.25, 0.3) is 0 Å². The molecule has 13 heavy (non-hydrogen) atoms. The minimum Gasteiger partial charge on any atom is -0.300 e. The van der Waals surface area contributed by atoms with Crippen molar-refractivity contribution in [2.24, 2.45) is 5.92 Å². The molecule has 0 saturated heterocycles. The van der Waals surface area contributed by atoms with Gasteiger partial charge in [-0.2, -0.15) is 0 Å². The molecule has 0 bridgehead atoms. The van der Waals surface area contributed by atoms with Crippen LogP contribution < -0.4 is 0 Å². The quantitative estimate of drug-likeness (QED) is 0.688. The zero-order valence-electron chi connectivity index (χ0n) is 7.57. The van der Waals surface area contributed by atoms with Gasteiger partial charge >= 0.3 is 0 Å². The highest BCUT2D eigenvalue weighted by molar-refractivity contribution is 5.80. The second-order valence-corrected chi connectivity index (χ2v) is 3.71. The Kier molecular flexibility index (Phi) is 2.39. The molecule has 0 amide bonds. The number of pyridine rings is 1. The van der Waals surface area contributed by atoms with E-state index in [1.165, 1.54) is 5.56 Å². The average molecular weight is 175 g/mol. The largest absolute Gasteiger partial charge is 0.300 e. The van der Waals surface area contributed by atoms with Crippen LogP contribution in [0.4, 0.5) is 0 Å². The van der Waals surface area contributed by atoms with Gasteiger partial charge < -0.3 is 0 Å². The van der Waals surface area contributed by atoms with E-state index in [1.807, 2.05) is 24.5 Å². The number of aromatic nitrogens is 1. The summed E-state index contributed by atoms with van der Waals surface area (Å²) < 4.78 is 0. The fourth-order valence-corrected chi connectivity index (χ4v) is 1.92. The molecule has 1 aromatic heterocycles. The molecule has 1 fully saturated rings. The summed E-state index contributed by atoms with van der Waals surface area (Å²) in [6.07, 6.45) is 7.30. The summed E-state index contributed by atoms with van der Waals surface area (Å²) in [5.41, 5.74) is 1.30. The number of hydrogen-bond acceptors (Lipinski definition) is 2. The van der Waals surface area contributed by atoms with E-state index in [-0.39, 0.29) is 0 Å². The Balaban J connectivity index is 1.96. The second-order valence-electron chi connectivity index (χ2n) is 3.71. The SMILES string of the molecule is O=C1CCC(Cc2ccncc2)C1. The molecule has 2 heteroatoms. The number of ketones is 1. The van der Waals surface area contributed by atoms with E-state index in [4.69, 9.17) is 0 Å². The summed E-state index contributed by atoms with van der Waals surface area (Å²) in [7, 11) is 0.